The SMILES string of the molecule is CCN(CC)c1ccc(NC(=O)C(C)(C)C(=O)N2CCC(C)CC2)cc1. The van der Waals surface area contributed by atoms with Crippen LogP contribution >= 0.6 is 0 Å². The zero-order chi connectivity index (χ0) is 19.3. The largest absolute Gasteiger partial charge is 0.372 e. The summed E-state index contributed by atoms with van der Waals surface area (Å²) in [4.78, 5) is 29.7. The van der Waals surface area contributed by atoms with Gasteiger partial charge < -0.3 is 15.1 Å². The van der Waals surface area contributed by atoms with E-state index >= 15 is 0 Å². The van der Waals surface area contributed by atoms with Gasteiger partial charge in [0.25, 0.3) is 0 Å². The topological polar surface area (TPSA) is 52.7 Å². The second kappa shape index (κ2) is 8.56. The standard InChI is InChI=1S/C21H33N3O2/c1-6-23(7-2)18-10-8-17(9-11-18)22-19(25)21(4,5)20(26)24-14-12-16(3)13-15-24/h8-11,16H,6-7,12-15H2,1-5H3,(H,22,25). The van der Waals surface area contributed by atoms with Crippen LogP contribution in [0.5, 0.6) is 0 Å². The lowest BCUT2D eigenvalue weighted by Crippen LogP contribution is -2.49. The zero-order valence-corrected chi connectivity index (χ0v) is 16.8. The van der Waals surface area contributed by atoms with Gasteiger partial charge in [0.1, 0.15) is 5.41 Å². The Kier molecular flexibility index (Phi) is 6.68. The van der Waals surface area contributed by atoms with Gasteiger partial charge in [0, 0.05) is 37.6 Å². The highest BCUT2D eigenvalue weighted by atomic mass is 16.2. The van der Waals surface area contributed by atoms with Crippen molar-refractivity contribution in [1.82, 2.24) is 4.90 Å². The minimum absolute atomic E-state index is 0.0818. The maximum absolute atomic E-state index is 12.8. The maximum Gasteiger partial charge on any atom is 0.239 e. The number of hydrogen-bond acceptors (Lipinski definition) is 3. The summed E-state index contributed by atoms with van der Waals surface area (Å²) < 4.78 is 0. The lowest BCUT2D eigenvalue weighted by Gasteiger charge is -2.35. The summed E-state index contributed by atoms with van der Waals surface area (Å²) in [5.74, 6) is 0.318. The molecular weight excluding hydrogens is 326 g/mol. The first-order valence-corrected chi connectivity index (χ1v) is 9.75. The summed E-state index contributed by atoms with van der Waals surface area (Å²) in [5, 5.41) is 2.91. The highest BCUT2D eigenvalue weighted by molar-refractivity contribution is 6.09. The Morgan fingerprint density at radius 3 is 2.15 bits per heavy atom. The molecule has 1 aromatic rings. The van der Waals surface area contributed by atoms with Crippen LogP contribution in [-0.2, 0) is 9.59 Å². The summed E-state index contributed by atoms with van der Waals surface area (Å²) in [7, 11) is 0. The van der Waals surface area contributed by atoms with Gasteiger partial charge in [0.15, 0.2) is 0 Å². The van der Waals surface area contributed by atoms with E-state index in [0.29, 0.717) is 5.92 Å². The molecule has 0 spiro atoms. The van der Waals surface area contributed by atoms with E-state index < -0.39 is 5.41 Å². The van der Waals surface area contributed by atoms with E-state index in [1.54, 1.807) is 13.8 Å². The van der Waals surface area contributed by atoms with E-state index in [9.17, 15) is 9.59 Å². The molecule has 0 saturated carbocycles. The molecule has 1 aliphatic heterocycles. The Labute approximate surface area is 157 Å². The minimum atomic E-state index is -1.07. The Hall–Kier alpha value is -2.04. The molecule has 1 fully saturated rings. The van der Waals surface area contributed by atoms with Gasteiger partial charge in [-0.3, -0.25) is 9.59 Å². The summed E-state index contributed by atoms with van der Waals surface area (Å²) in [5.41, 5.74) is 0.780. The van der Waals surface area contributed by atoms with Gasteiger partial charge in [0.2, 0.25) is 11.8 Å². The average Bonchev–Trinajstić information content (AvgIpc) is 2.64. The first-order valence-electron chi connectivity index (χ1n) is 9.75. The number of anilines is 2. The van der Waals surface area contributed by atoms with Gasteiger partial charge >= 0.3 is 0 Å². The smallest absolute Gasteiger partial charge is 0.239 e. The number of carbonyl (C=O) groups is 2. The number of benzene rings is 1. The molecular formula is C21H33N3O2. The van der Waals surface area contributed by atoms with Crippen molar-refractivity contribution in [2.24, 2.45) is 11.3 Å². The van der Waals surface area contributed by atoms with Crippen molar-refractivity contribution in [3.8, 4) is 0 Å². The highest BCUT2D eigenvalue weighted by Gasteiger charge is 2.39. The van der Waals surface area contributed by atoms with Crippen molar-refractivity contribution >= 4 is 23.2 Å². The molecule has 0 aliphatic carbocycles. The van der Waals surface area contributed by atoms with Crippen LogP contribution in [0.25, 0.3) is 0 Å². The predicted molar refractivity (Wildman–Crippen MR) is 107 cm³/mol. The molecule has 1 heterocycles. The average molecular weight is 360 g/mol. The second-order valence-corrected chi connectivity index (χ2v) is 7.77. The Balaban J connectivity index is 2.02. The van der Waals surface area contributed by atoms with Gasteiger partial charge in [-0.15, -0.1) is 0 Å². The molecule has 0 bridgehead atoms. The van der Waals surface area contributed by atoms with Gasteiger partial charge in [-0.25, -0.2) is 0 Å². The van der Waals surface area contributed by atoms with Crippen molar-refractivity contribution < 1.29 is 9.59 Å². The lowest BCUT2D eigenvalue weighted by atomic mass is 9.88. The molecule has 1 N–H and O–H groups in total. The number of amides is 2. The Morgan fingerprint density at radius 1 is 1.12 bits per heavy atom. The van der Waals surface area contributed by atoms with E-state index in [0.717, 1.165) is 50.4 Å². The fraction of sp³-hybridized carbons (Fsp3) is 0.619. The number of rotatable bonds is 6. The van der Waals surface area contributed by atoms with Crippen LogP contribution in [0.1, 0.15) is 47.5 Å². The van der Waals surface area contributed by atoms with E-state index in [1.165, 1.54) is 0 Å². The van der Waals surface area contributed by atoms with Crippen LogP contribution in [0, 0.1) is 11.3 Å². The fourth-order valence-electron chi connectivity index (χ4n) is 3.34. The van der Waals surface area contributed by atoms with Gasteiger partial charge in [0.05, 0.1) is 0 Å². The van der Waals surface area contributed by atoms with Crippen LogP contribution in [0.3, 0.4) is 0 Å². The molecule has 144 valence electrons. The monoisotopic (exact) mass is 359 g/mol. The number of nitrogens with zero attached hydrogens (tertiary/aromatic N) is 2. The third kappa shape index (κ3) is 4.57. The van der Waals surface area contributed by atoms with Crippen molar-refractivity contribution in [2.75, 3.05) is 36.4 Å². The zero-order valence-electron chi connectivity index (χ0n) is 16.8. The lowest BCUT2D eigenvalue weighted by molar-refractivity contribution is -0.147. The van der Waals surface area contributed by atoms with Crippen molar-refractivity contribution in [1.29, 1.82) is 0 Å². The van der Waals surface area contributed by atoms with E-state index in [-0.39, 0.29) is 11.8 Å². The number of piperidine rings is 1. The molecule has 26 heavy (non-hydrogen) atoms. The molecule has 1 saturated heterocycles. The summed E-state index contributed by atoms with van der Waals surface area (Å²) >= 11 is 0. The van der Waals surface area contributed by atoms with Crippen molar-refractivity contribution in [3.05, 3.63) is 24.3 Å². The molecule has 0 unspecified atom stereocenters. The minimum Gasteiger partial charge on any atom is -0.372 e. The van der Waals surface area contributed by atoms with Crippen molar-refractivity contribution in [2.45, 2.75) is 47.5 Å². The van der Waals surface area contributed by atoms with E-state index in [1.807, 2.05) is 29.2 Å². The summed E-state index contributed by atoms with van der Waals surface area (Å²) in [6, 6.07) is 7.80. The quantitative estimate of drug-likeness (QED) is 0.787. The third-order valence-electron chi connectivity index (χ3n) is 5.43. The van der Waals surface area contributed by atoms with Crippen LogP contribution in [0.15, 0.2) is 24.3 Å². The predicted octanol–water partition coefficient (Wildman–Crippen LogP) is 3.76. The van der Waals surface area contributed by atoms with Crippen molar-refractivity contribution in [3.63, 3.8) is 0 Å². The molecule has 1 aromatic carbocycles. The number of carbonyl (C=O) groups excluding carboxylic acids is 2. The van der Waals surface area contributed by atoms with Gasteiger partial charge in [-0.05, 0) is 70.7 Å². The Morgan fingerprint density at radius 2 is 1.65 bits per heavy atom. The first kappa shape index (κ1) is 20.3. The number of hydrogen-bond donors (Lipinski definition) is 1. The highest BCUT2D eigenvalue weighted by Crippen LogP contribution is 2.26. The Bertz CT molecular complexity index is 613. The second-order valence-electron chi connectivity index (χ2n) is 7.77. The summed E-state index contributed by atoms with van der Waals surface area (Å²) in [6.07, 6.45) is 2.02. The van der Waals surface area contributed by atoms with Crippen LogP contribution in [0.4, 0.5) is 11.4 Å². The maximum atomic E-state index is 12.8. The molecule has 0 aromatic heterocycles. The van der Waals surface area contributed by atoms with Gasteiger partial charge in [-0.2, -0.15) is 0 Å². The number of likely N-dealkylation sites (tertiary alicyclic amines) is 1. The molecule has 2 rings (SSSR count). The van der Waals surface area contributed by atoms with Crippen LogP contribution in [0.2, 0.25) is 0 Å². The molecule has 5 nitrogen and oxygen atoms in total. The fourth-order valence-corrected chi connectivity index (χ4v) is 3.34. The third-order valence-corrected chi connectivity index (χ3v) is 5.43. The normalized spacial score (nSPS) is 15.7. The molecule has 1 aliphatic rings. The van der Waals surface area contributed by atoms with Gasteiger partial charge in [-0.1, -0.05) is 6.92 Å². The van der Waals surface area contributed by atoms with Crippen LogP contribution in [-0.4, -0.2) is 42.9 Å². The first-order chi connectivity index (χ1) is 12.3. The molecule has 0 radical (unpaired) electrons. The molecule has 0 atom stereocenters. The van der Waals surface area contributed by atoms with E-state index in [2.05, 4.69) is 31.0 Å². The van der Waals surface area contributed by atoms with Crippen LogP contribution < -0.4 is 10.2 Å². The molecule has 2 amide bonds. The number of nitrogens with one attached hydrogen (secondary N) is 1. The summed E-state index contributed by atoms with van der Waals surface area (Å²) in [6.45, 7) is 13.3. The molecule has 5 heteroatoms. The van der Waals surface area contributed by atoms with E-state index in [4.69, 9.17) is 0 Å².